The third-order valence-corrected chi connectivity index (χ3v) is 3.51. The predicted octanol–water partition coefficient (Wildman–Crippen LogP) is 2.06. The van der Waals surface area contributed by atoms with E-state index in [0.717, 1.165) is 6.07 Å². The minimum Gasteiger partial charge on any atom is -0.452 e. The Morgan fingerprint density at radius 2 is 1.64 bits per heavy atom. The summed E-state index contributed by atoms with van der Waals surface area (Å²) < 4.78 is 44.3. The molecule has 0 bridgehead atoms. The Labute approximate surface area is 157 Å². The molecule has 0 aliphatic rings. The van der Waals surface area contributed by atoms with Gasteiger partial charge in [0, 0.05) is 12.7 Å². The summed E-state index contributed by atoms with van der Waals surface area (Å²) in [6, 6.07) is 7.99. The summed E-state index contributed by atoms with van der Waals surface area (Å²) in [5, 5.41) is 6.94. The molecule has 0 fully saturated rings. The number of hydrogen-bond donors (Lipinski definition) is 3. The van der Waals surface area contributed by atoms with E-state index in [1.165, 1.54) is 6.07 Å². The maximum Gasteiger partial charge on any atom is 0.340 e. The number of ether oxygens (including phenoxy) is 1. The Balaban J connectivity index is 1.81. The van der Waals surface area contributed by atoms with E-state index in [0.29, 0.717) is 11.8 Å². The molecule has 0 aliphatic heterocycles. The van der Waals surface area contributed by atoms with E-state index in [1.807, 2.05) is 5.32 Å². The van der Waals surface area contributed by atoms with Crippen LogP contribution in [0.25, 0.3) is 0 Å². The van der Waals surface area contributed by atoms with Crippen LogP contribution in [0, 0.1) is 17.5 Å². The van der Waals surface area contributed by atoms with Gasteiger partial charge in [0.1, 0.15) is 0 Å². The Morgan fingerprint density at radius 3 is 2.36 bits per heavy atom. The molecule has 7 nitrogen and oxygen atoms in total. The molecule has 28 heavy (non-hydrogen) atoms. The van der Waals surface area contributed by atoms with Crippen LogP contribution in [-0.4, -0.2) is 38.0 Å². The first kappa shape index (κ1) is 20.7. The smallest absolute Gasteiger partial charge is 0.340 e. The van der Waals surface area contributed by atoms with Crippen LogP contribution in [0.4, 0.5) is 24.5 Å². The molecule has 0 aromatic heterocycles. The van der Waals surface area contributed by atoms with Crippen molar-refractivity contribution in [3.8, 4) is 0 Å². The molecule has 0 aliphatic carbocycles. The van der Waals surface area contributed by atoms with E-state index in [4.69, 9.17) is 4.74 Å². The van der Waals surface area contributed by atoms with Gasteiger partial charge in [0.2, 0.25) is 5.91 Å². The Morgan fingerprint density at radius 1 is 0.929 bits per heavy atom. The molecule has 0 saturated heterocycles. The molecule has 0 heterocycles. The van der Waals surface area contributed by atoms with Crippen molar-refractivity contribution in [3.63, 3.8) is 0 Å². The molecule has 2 rings (SSSR count). The molecular formula is C18H16F3N3O4. The van der Waals surface area contributed by atoms with Gasteiger partial charge < -0.3 is 20.7 Å². The zero-order chi connectivity index (χ0) is 20.7. The first-order valence-electron chi connectivity index (χ1n) is 7.97. The van der Waals surface area contributed by atoms with E-state index in [1.54, 1.807) is 25.2 Å². The highest BCUT2D eigenvalue weighted by molar-refractivity contribution is 5.97. The van der Waals surface area contributed by atoms with Gasteiger partial charge in [-0.2, -0.15) is 0 Å². The fraction of sp³-hybridized carbons (Fsp3) is 0.167. The van der Waals surface area contributed by atoms with Gasteiger partial charge in [0.25, 0.3) is 5.91 Å². The highest BCUT2D eigenvalue weighted by Crippen LogP contribution is 2.19. The number of hydrogen-bond acceptors (Lipinski definition) is 5. The summed E-state index contributed by atoms with van der Waals surface area (Å²) in [5.74, 6) is -7.09. The summed E-state index contributed by atoms with van der Waals surface area (Å²) >= 11 is 0. The normalized spacial score (nSPS) is 10.1. The number of carbonyl (C=O) groups excluding carboxylic acids is 3. The lowest BCUT2D eigenvalue weighted by molar-refractivity contribution is -0.126. The number of carbonyl (C=O) groups is 3. The molecule has 0 spiro atoms. The van der Waals surface area contributed by atoms with Crippen molar-refractivity contribution < 1.29 is 32.3 Å². The van der Waals surface area contributed by atoms with Crippen molar-refractivity contribution in [1.82, 2.24) is 5.32 Å². The second-order valence-electron chi connectivity index (χ2n) is 5.42. The number of halogens is 3. The van der Waals surface area contributed by atoms with Gasteiger partial charge >= 0.3 is 5.97 Å². The van der Waals surface area contributed by atoms with Crippen LogP contribution in [0.2, 0.25) is 0 Å². The van der Waals surface area contributed by atoms with E-state index in [2.05, 4.69) is 10.6 Å². The molecular weight excluding hydrogens is 379 g/mol. The predicted molar refractivity (Wildman–Crippen MR) is 94.2 cm³/mol. The van der Waals surface area contributed by atoms with Crippen LogP contribution in [0.3, 0.4) is 0 Å². The number of rotatable bonds is 7. The molecule has 2 amide bonds. The average Bonchev–Trinajstić information content (AvgIpc) is 2.70. The van der Waals surface area contributed by atoms with E-state index >= 15 is 0 Å². The second kappa shape index (κ2) is 9.40. The Kier molecular flexibility index (Phi) is 6.96. The number of benzene rings is 2. The lowest BCUT2D eigenvalue weighted by Crippen LogP contribution is -2.35. The number of esters is 1. The topological polar surface area (TPSA) is 96.5 Å². The maximum absolute atomic E-state index is 13.5. The minimum atomic E-state index is -1.73. The van der Waals surface area contributed by atoms with Crippen molar-refractivity contribution >= 4 is 29.2 Å². The van der Waals surface area contributed by atoms with Gasteiger partial charge in [0.05, 0.1) is 17.8 Å². The monoisotopic (exact) mass is 395 g/mol. The SMILES string of the molecule is CNc1ccccc1C(=O)OCC(=O)NCC(=O)Nc1ccc(F)c(F)c1F. The van der Waals surface area contributed by atoms with Crippen molar-refractivity contribution in [1.29, 1.82) is 0 Å². The third kappa shape index (κ3) is 5.22. The molecule has 2 aromatic carbocycles. The zero-order valence-corrected chi connectivity index (χ0v) is 14.6. The molecule has 10 heteroatoms. The van der Waals surface area contributed by atoms with E-state index < -0.39 is 54.1 Å². The highest BCUT2D eigenvalue weighted by atomic mass is 19.2. The van der Waals surface area contributed by atoms with E-state index in [9.17, 15) is 27.6 Å². The van der Waals surface area contributed by atoms with Gasteiger partial charge in [-0.1, -0.05) is 12.1 Å². The molecule has 148 valence electrons. The maximum atomic E-state index is 13.5. The second-order valence-corrected chi connectivity index (χ2v) is 5.42. The molecule has 0 atom stereocenters. The first-order valence-corrected chi connectivity index (χ1v) is 7.97. The van der Waals surface area contributed by atoms with Crippen LogP contribution in [0.1, 0.15) is 10.4 Å². The summed E-state index contributed by atoms with van der Waals surface area (Å²) in [4.78, 5) is 35.3. The number of anilines is 2. The molecule has 0 radical (unpaired) electrons. The summed E-state index contributed by atoms with van der Waals surface area (Å²) in [7, 11) is 1.62. The summed E-state index contributed by atoms with van der Waals surface area (Å²) in [5.41, 5.74) is 0.165. The Bertz CT molecular complexity index is 906. The molecule has 0 unspecified atom stereocenters. The van der Waals surface area contributed by atoms with Crippen molar-refractivity contribution in [2.24, 2.45) is 0 Å². The quantitative estimate of drug-likeness (QED) is 0.493. The minimum absolute atomic E-state index is 0.226. The molecule has 0 saturated carbocycles. The lowest BCUT2D eigenvalue weighted by Gasteiger charge is -2.10. The standard InChI is InChI=1S/C18H16F3N3O4/c1-22-12-5-3-2-4-10(12)18(27)28-9-15(26)23-8-14(25)24-13-7-6-11(19)16(20)17(13)21/h2-7,22H,8-9H2,1H3,(H,23,26)(H,24,25). The van der Waals surface area contributed by atoms with Crippen LogP contribution in [-0.2, 0) is 14.3 Å². The summed E-state index contributed by atoms with van der Waals surface area (Å²) in [6.07, 6.45) is 0. The highest BCUT2D eigenvalue weighted by Gasteiger charge is 2.16. The van der Waals surface area contributed by atoms with Crippen molar-refractivity contribution in [2.45, 2.75) is 0 Å². The Hall–Kier alpha value is -3.56. The van der Waals surface area contributed by atoms with Gasteiger partial charge in [-0.15, -0.1) is 0 Å². The van der Waals surface area contributed by atoms with Crippen LogP contribution >= 0.6 is 0 Å². The number of para-hydroxylation sites is 1. The first-order chi connectivity index (χ1) is 13.3. The van der Waals surface area contributed by atoms with Crippen LogP contribution in [0.5, 0.6) is 0 Å². The number of amides is 2. The third-order valence-electron chi connectivity index (χ3n) is 3.51. The molecule has 2 aromatic rings. The lowest BCUT2D eigenvalue weighted by atomic mass is 10.2. The largest absolute Gasteiger partial charge is 0.452 e. The van der Waals surface area contributed by atoms with Crippen molar-refractivity contribution in [3.05, 3.63) is 59.4 Å². The fourth-order valence-corrected chi connectivity index (χ4v) is 2.13. The van der Waals surface area contributed by atoms with Gasteiger partial charge in [-0.25, -0.2) is 18.0 Å². The zero-order valence-electron chi connectivity index (χ0n) is 14.6. The van der Waals surface area contributed by atoms with Crippen LogP contribution in [0.15, 0.2) is 36.4 Å². The van der Waals surface area contributed by atoms with E-state index in [-0.39, 0.29) is 5.56 Å². The fourth-order valence-electron chi connectivity index (χ4n) is 2.13. The van der Waals surface area contributed by atoms with Gasteiger partial charge in [-0.05, 0) is 24.3 Å². The summed E-state index contributed by atoms with van der Waals surface area (Å²) in [6.45, 7) is -1.24. The molecule has 3 N–H and O–H groups in total. The number of nitrogens with one attached hydrogen (secondary N) is 3. The van der Waals surface area contributed by atoms with Gasteiger partial charge in [0.15, 0.2) is 24.1 Å². The average molecular weight is 395 g/mol. The van der Waals surface area contributed by atoms with Gasteiger partial charge in [-0.3, -0.25) is 9.59 Å². The van der Waals surface area contributed by atoms with Crippen LogP contribution < -0.4 is 16.0 Å². The van der Waals surface area contributed by atoms with Crippen molar-refractivity contribution in [2.75, 3.05) is 30.8 Å².